The van der Waals surface area contributed by atoms with Gasteiger partial charge in [0.15, 0.2) is 5.82 Å². The average molecular weight is 717 g/mol. The van der Waals surface area contributed by atoms with Crippen LogP contribution in [0.3, 0.4) is 0 Å². The van der Waals surface area contributed by atoms with Crippen LogP contribution in [-0.2, 0) is 0 Å². The van der Waals surface area contributed by atoms with Gasteiger partial charge in [-0.15, -0.1) is 0 Å². The van der Waals surface area contributed by atoms with Gasteiger partial charge in [-0.3, -0.25) is 9.97 Å². The fourth-order valence-corrected chi connectivity index (χ4v) is 8.11. The molecule has 0 N–H and O–H groups in total. The van der Waals surface area contributed by atoms with E-state index in [1.54, 1.807) is 12.4 Å². The number of rotatable bonds is 6. The van der Waals surface area contributed by atoms with E-state index < -0.39 is 0 Å². The molecule has 0 aliphatic carbocycles. The monoisotopic (exact) mass is 716 g/mol. The Morgan fingerprint density at radius 3 is 1.36 bits per heavy atom. The molecule has 0 radical (unpaired) electrons. The van der Waals surface area contributed by atoms with Crippen molar-refractivity contribution in [2.75, 3.05) is 0 Å². The topological polar surface area (TPSA) is 61.4 Å². The number of fused-ring (bicyclic) bond motifs is 6. The molecule has 0 aliphatic rings. The predicted octanol–water partition coefficient (Wildman–Crippen LogP) is 12.1. The first kappa shape index (κ1) is 31.8. The fraction of sp³-hybridized carbons (Fsp3) is 0. The Bertz CT molecular complexity index is 3140. The van der Waals surface area contributed by atoms with Gasteiger partial charge in [0.1, 0.15) is 0 Å². The van der Waals surface area contributed by atoms with Crippen molar-refractivity contribution in [2.24, 2.45) is 0 Å². The molecule has 262 valence electrons. The number of pyridine rings is 2. The number of hydrogen-bond acceptors (Lipinski definition) is 4. The molecule has 0 amide bonds. The van der Waals surface area contributed by atoms with Gasteiger partial charge in [0.25, 0.3) is 0 Å². The number of para-hydroxylation sites is 3. The van der Waals surface area contributed by atoms with Crippen molar-refractivity contribution in [3.8, 4) is 56.7 Å². The van der Waals surface area contributed by atoms with E-state index in [9.17, 15) is 0 Å². The minimum absolute atomic E-state index is 0.622. The first-order valence-electron chi connectivity index (χ1n) is 18.7. The van der Waals surface area contributed by atoms with Crippen LogP contribution < -0.4 is 0 Å². The lowest BCUT2D eigenvalue weighted by atomic mass is 10.0. The highest BCUT2D eigenvalue weighted by molar-refractivity contribution is 6.11. The molecule has 0 aliphatic heterocycles. The summed E-state index contributed by atoms with van der Waals surface area (Å²) in [7, 11) is 0. The summed E-state index contributed by atoms with van der Waals surface area (Å²) in [5.74, 6) is 0.622. The van der Waals surface area contributed by atoms with Gasteiger partial charge >= 0.3 is 0 Å². The normalized spacial score (nSPS) is 11.6. The molecule has 5 heterocycles. The molecule has 11 rings (SSSR count). The van der Waals surface area contributed by atoms with Crippen LogP contribution in [0.2, 0.25) is 0 Å². The maximum absolute atomic E-state index is 5.01. The summed E-state index contributed by atoms with van der Waals surface area (Å²) in [5, 5.41) is 4.90. The van der Waals surface area contributed by atoms with Crippen LogP contribution >= 0.6 is 0 Å². The van der Waals surface area contributed by atoms with E-state index in [0.29, 0.717) is 5.82 Å². The molecule has 6 heteroatoms. The molecule has 0 fully saturated rings. The van der Waals surface area contributed by atoms with Gasteiger partial charge in [0.2, 0.25) is 0 Å². The summed E-state index contributed by atoms with van der Waals surface area (Å²) in [4.78, 5) is 19.2. The van der Waals surface area contributed by atoms with Crippen LogP contribution in [0.25, 0.3) is 100 Å². The molecular formula is C50H32N6. The molecule has 5 aromatic heterocycles. The maximum Gasteiger partial charge on any atom is 0.160 e. The van der Waals surface area contributed by atoms with Gasteiger partial charge in [-0.1, -0.05) is 97.1 Å². The van der Waals surface area contributed by atoms with Gasteiger partial charge in [-0.05, 0) is 96.1 Å². The van der Waals surface area contributed by atoms with Crippen LogP contribution in [0.4, 0.5) is 0 Å². The third-order valence-electron chi connectivity index (χ3n) is 10.6. The number of nitrogens with zero attached hydrogens (tertiary/aromatic N) is 6. The average Bonchev–Trinajstić information content (AvgIpc) is 3.80. The lowest BCUT2D eigenvalue weighted by molar-refractivity contribution is 1.13. The Hall–Kier alpha value is -7.70. The predicted molar refractivity (Wildman–Crippen MR) is 228 cm³/mol. The summed E-state index contributed by atoms with van der Waals surface area (Å²) < 4.78 is 4.76. The Balaban J connectivity index is 1.03. The Kier molecular flexibility index (Phi) is 7.38. The molecule has 0 spiro atoms. The number of aromatic nitrogens is 6. The van der Waals surface area contributed by atoms with Gasteiger partial charge in [0.05, 0.1) is 44.8 Å². The summed E-state index contributed by atoms with van der Waals surface area (Å²) in [6, 6.07) is 63.8. The molecule has 0 atom stereocenters. The van der Waals surface area contributed by atoms with E-state index in [-0.39, 0.29) is 0 Å². The number of hydrogen-bond donors (Lipinski definition) is 0. The van der Waals surface area contributed by atoms with Gasteiger partial charge < -0.3 is 9.13 Å². The van der Waals surface area contributed by atoms with E-state index in [4.69, 9.17) is 9.97 Å². The molecule has 11 aromatic rings. The molecule has 0 bridgehead atoms. The van der Waals surface area contributed by atoms with Crippen molar-refractivity contribution < 1.29 is 0 Å². The zero-order valence-corrected chi connectivity index (χ0v) is 30.2. The van der Waals surface area contributed by atoms with Crippen molar-refractivity contribution in [1.82, 2.24) is 29.1 Å². The van der Waals surface area contributed by atoms with Gasteiger partial charge in [-0.25, -0.2) is 9.97 Å². The Morgan fingerprint density at radius 1 is 0.304 bits per heavy atom. The van der Waals surface area contributed by atoms with Crippen LogP contribution in [0, 0.1) is 0 Å². The second-order valence-electron chi connectivity index (χ2n) is 13.9. The molecule has 0 saturated heterocycles. The zero-order valence-electron chi connectivity index (χ0n) is 30.2. The Labute approximate surface area is 322 Å². The molecule has 0 saturated carbocycles. The molecule has 6 aromatic carbocycles. The third kappa shape index (κ3) is 5.27. The number of benzene rings is 6. The third-order valence-corrected chi connectivity index (χ3v) is 10.6. The summed E-state index contributed by atoms with van der Waals surface area (Å²) >= 11 is 0. The van der Waals surface area contributed by atoms with E-state index in [2.05, 4.69) is 159 Å². The van der Waals surface area contributed by atoms with Crippen molar-refractivity contribution in [2.45, 2.75) is 0 Å². The van der Waals surface area contributed by atoms with Crippen molar-refractivity contribution in [3.63, 3.8) is 0 Å². The van der Waals surface area contributed by atoms with Crippen LogP contribution in [0.1, 0.15) is 0 Å². The quantitative estimate of drug-likeness (QED) is 0.172. The minimum Gasteiger partial charge on any atom is -0.309 e. The highest BCUT2D eigenvalue weighted by Gasteiger charge is 2.17. The zero-order chi connectivity index (χ0) is 37.0. The molecule has 0 unspecified atom stereocenters. The van der Waals surface area contributed by atoms with E-state index in [0.717, 1.165) is 61.9 Å². The lowest BCUT2D eigenvalue weighted by Gasteiger charge is -2.13. The van der Waals surface area contributed by atoms with Crippen LogP contribution in [0.5, 0.6) is 0 Å². The highest BCUT2D eigenvalue weighted by atomic mass is 15.0. The standard InChI is InChI=1S/C50H32N6/c1-4-22-46-38(17-1)39-18-2-5-23-47(39)55(46)36-15-12-16-37(31-36)56-48-24-6-3-19-40(48)41-30-34(25-26-49(41)56)33-13-11-14-35(29-33)50-53-44(42-20-7-9-27-51-42)32-45(54-50)43-21-8-10-28-52-43/h1-32H. The molecule has 6 nitrogen and oxygen atoms in total. The summed E-state index contributed by atoms with van der Waals surface area (Å²) in [6.07, 6.45) is 3.57. The van der Waals surface area contributed by atoms with Crippen molar-refractivity contribution >= 4 is 43.6 Å². The first-order valence-corrected chi connectivity index (χ1v) is 18.7. The van der Waals surface area contributed by atoms with E-state index in [1.807, 2.05) is 42.5 Å². The molecule has 56 heavy (non-hydrogen) atoms. The lowest BCUT2D eigenvalue weighted by Crippen LogP contribution is -1.98. The largest absolute Gasteiger partial charge is 0.309 e. The maximum atomic E-state index is 5.01. The second-order valence-corrected chi connectivity index (χ2v) is 13.9. The minimum atomic E-state index is 0.622. The second kappa shape index (κ2) is 13.0. The molecular weight excluding hydrogens is 685 g/mol. The fourth-order valence-electron chi connectivity index (χ4n) is 8.11. The van der Waals surface area contributed by atoms with Crippen molar-refractivity contribution in [3.05, 3.63) is 194 Å². The van der Waals surface area contributed by atoms with E-state index in [1.165, 1.54) is 32.6 Å². The van der Waals surface area contributed by atoms with Crippen LogP contribution in [-0.4, -0.2) is 29.1 Å². The van der Waals surface area contributed by atoms with Crippen LogP contribution in [0.15, 0.2) is 194 Å². The summed E-state index contributed by atoms with van der Waals surface area (Å²) in [5.41, 5.74) is 13.1. The highest BCUT2D eigenvalue weighted by Crippen LogP contribution is 2.38. The Morgan fingerprint density at radius 2 is 0.786 bits per heavy atom. The smallest absolute Gasteiger partial charge is 0.160 e. The van der Waals surface area contributed by atoms with Gasteiger partial charge in [-0.2, -0.15) is 0 Å². The van der Waals surface area contributed by atoms with E-state index >= 15 is 0 Å². The van der Waals surface area contributed by atoms with Crippen molar-refractivity contribution in [1.29, 1.82) is 0 Å². The SMILES string of the molecule is c1ccc(-c2cc(-c3ccccn3)nc(-c3cccc(-c4ccc5c(c4)c4ccccc4n5-c4cccc(-n5c6ccccc6c6ccccc65)c4)c3)n2)nc1. The van der Waals surface area contributed by atoms with Gasteiger partial charge in [0, 0.05) is 50.9 Å². The summed E-state index contributed by atoms with van der Waals surface area (Å²) in [6.45, 7) is 0. The first-order chi connectivity index (χ1) is 27.8.